The van der Waals surface area contributed by atoms with E-state index in [1.165, 1.54) is 0 Å². The third kappa shape index (κ3) is 3.41. The van der Waals surface area contributed by atoms with Gasteiger partial charge >= 0.3 is 6.03 Å². The molecular weight excluding hydrogens is 364 g/mol. The van der Waals surface area contributed by atoms with Gasteiger partial charge in [-0.15, -0.1) is 11.3 Å². The molecule has 0 atom stereocenters. The summed E-state index contributed by atoms with van der Waals surface area (Å²) >= 11 is 5.07. The Morgan fingerprint density at radius 2 is 2.09 bits per heavy atom. The molecule has 1 aromatic heterocycles. The number of aromatic nitrogens is 1. The van der Waals surface area contributed by atoms with Crippen LogP contribution in [-0.2, 0) is 0 Å². The van der Waals surface area contributed by atoms with Crippen molar-refractivity contribution in [2.75, 3.05) is 36.4 Å². The van der Waals surface area contributed by atoms with E-state index in [2.05, 4.69) is 31.1 Å². The molecule has 0 bridgehead atoms. The standard InChI is InChI=1S/C15H17BrN4OS/c1-11-2-3-12(16)10-13(11)18-14(21)19-5-7-20(8-6-19)15-17-4-9-22-15/h2-4,9-10H,5-8H2,1H3,(H,18,21). The molecule has 0 saturated carbocycles. The first-order chi connectivity index (χ1) is 10.6. The number of hydrogen-bond acceptors (Lipinski definition) is 4. The summed E-state index contributed by atoms with van der Waals surface area (Å²) in [6.07, 6.45) is 1.81. The van der Waals surface area contributed by atoms with Gasteiger partial charge in [0.25, 0.3) is 0 Å². The highest BCUT2D eigenvalue weighted by Crippen LogP contribution is 2.22. The first kappa shape index (κ1) is 15.3. The van der Waals surface area contributed by atoms with Crippen LogP contribution in [0, 0.1) is 6.92 Å². The molecule has 0 unspecified atom stereocenters. The number of urea groups is 1. The second-order valence-electron chi connectivity index (χ2n) is 5.18. The molecule has 1 aliphatic rings. The van der Waals surface area contributed by atoms with Gasteiger partial charge in [-0.25, -0.2) is 9.78 Å². The van der Waals surface area contributed by atoms with Crippen LogP contribution in [0.25, 0.3) is 0 Å². The van der Waals surface area contributed by atoms with Crippen LogP contribution in [-0.4, -0.2) is 42.1 Å². The number of anilines is 2. The summed E-state index contributed by atoms with van der Waals surface area (Å²) in [5, 5.41) is 6.00. The Labute approximate surface area is 142 Å². The van der Waals surface area contributed by atoms with E-state index in [1.54, 1.807) is 11.3 Å². The van der Waals surface area contributed by atoms with Gasteiger partial charge in [0.2, 0.25) is 0 Å². The van der Waals surface area contributed by atoms with E-state index in [0.717, 1.165) is 33.9 Å². The van der Waals surface area contributed by atoms with Crippen molar-refractivity contribution in [1.82, 2.24) is 9.88 Å². The Morgan fingerprint density at radius 3 is 2.77 bits per heavy atom. The van der Waals surface area contributed by atoms with Gasteiger partial charge in [-0.05, 0) is 24.6 Å². The van der Waals surface area contributed by atoms with E-state index in [4.69, 9.17) is 0 Å². The highest BCUT2D eigenvalue weighted by atomic mass is 79.9. The van der Waals surface area contributed by atoms with Crippen molar-refractivity contribution in [2.45, 2.75) is 6.92 Å². The van der Waals surface area contributed by atoms with Crippen LogP contribution in [0.15, 0.2) is 34.2 Å². The smallest absolute Gasteiger partial charge is 0.321 e. The van der Waals surface area contributed by atoms with Crippen molar-refractivity contribution in [1.29, 1.82) is 0 Å². The van der Waals surface area contributed by atoms with Gasteiger partial charge in [0.05, 0.1) is 0 Å². The van der Waals surface area contributed by atoms with E-state index in [9.17, 15) is 4.79 Å². The number of thiazole rings is 1. The van der Waals surface area contributed by atoms with Gasteiger partial charge in [-0.2, -0.15) is 0 Å². The van der Waals surface area contributed by atoms with Gasteiger partial charge in [0.1, 0.15) is 0 Å². The molecule has 116 valence electrons. The van der Waals surface area contributed by atoms with Crippen LogP contribution in [0.1, 0.15) is 5.56 Å². The summed E-state index contributed by atoms with van der Waals surface area (Å²) in [6, 6.07) is 5.84. The average molecular weight is 381 g/mol. The van der Waals surface area contributed by atoms with Crippen molar-refractivity contribution < 1.29 is 4.79 Å². The molecule has 0 spiro atoms. The summed E-state index contributed by atoms with van der Waals surface area (Å²) in [4.78, 5) is 20.8. The predicted molar refractivity (Wildman–Crippen MR) is 93.8 cm³/mol. The average Bonchev–Trinajstić information content (AvgIpc) is 3.05. The summed E-state index contributed by atoms with van der Waals surface area (Å²) in [7, 11) is 0. The number of nitrogens with zero attached hydrogens (tertiary/aromatic N) is 3. The molecule has 1 fully saturated rings. The van der Waals surface area contributed by atoms with Gasteiger partial charge < -0.3 is 15.1 Å². The number of carbonyl (C=O) groups is 1. The van der Waals surface area contributed by atoms with E-state index in [1.807, 2.05) is 41.6 Å². The maximum Gasteiger partial charge on any atom is 0.321 e. The number of nitrogens with one attached hydrogen (secondary N) is 1. The Balaban J connectivity index is 1.59. The van der Waals surface area contributed by atoms with Crippen LogP contribution in [0.2, 0.25) is 0 Å². The zero-order valence-electron chi connectivity index (χ0n) is 12.3. The Morgan fingerprint density at radius 1 is 1.32 bits per heavy atom. The Bertz CT molecular complexity index is 654. The van der Waals surface area contributed by atoms with Gasteiger partial charge in [0.15, 0.2) is 5.13 Å². The Hall–Kier alpha value is -1.60. The second kappa shape index (κ2) is 6.66. The number of benzene rings is 1. The summed E-state index contributed by atoms with van der Waals surface area (Å²) in [6.45, 7) is 5.04. The monoisotopic (exact) mass is 380 g/mol. The molecule has 1 aromatic carbocycles. The largest absolute Gasteiger partial charge is 0.345 e. The minimum absolute atomic E-state index is 0.0417. The van der Waals surface area contributed by atoms with Crippen LogP contribution in [0.5, 0.6) is 0 Å². The quantitative estimate of drug-likeness (QED) is 0.865. The lowest BCUT2D eigenvalue weighted by molar-refractivity contribution is 0.208. The molecule has 7 heteroatoms. The highest BCUT2D eigenvalue weighted by Gasteiger charge is 2.22. The predicted octanol–water partition coefficient (Wildman–Crippen LogP) is 3.57. The summed E-state index contributed by atoms with van der Waals surface area (Å²) in [5.74, 6) is 0. The normalized spacial score (nSPS) is 15.0. The number of carbonyl (C=O) groups excluding carboxylic acids is 1. The lowest BCUT2D eigenvalue weighted by atomic mass is 10.2. The fraction of sp³-hybridized carbons (Fsp3) is 0.333. The van der Waals surface area contributed by atoms with Crippen LogP contribution < -0.4 is 10.2 Å². The molecule has 1 N–H and O–H groups in total. The zero-order valence-corrected chi connectivity index (χ0v) is 14.7. The number of aryl methyl sites for hydroxylation is 1. The van der Waals surface area contributed by atoms with Crippen LogP contribution in [0.4, 0.5) is 15.6 Å². The highest BCUT2D eigenvalue weighted by molar-refractivity contribution is 9.10. The zero-order chi connectivity index (χ0) is 15.5. The molecule has 3 rings (SSSR count). The van der Waals surface area contributed by atoms with Gasteiger partial charge in [0, 0.05) is 47.9 Å². The van der Waals surface area contributed by atoms with Crippen LogP contribution in [0.3, 0.4) is 0 Å². The number of halogens is 1. The van der Waals surface area contributed by atoms with Gasteiger partial charge in [-0.1, -0.05) is 22.0 Å². The van der Waals surface area contributed by atoms with E-state index in [-0.39, 0.29) is 6.03 Å². The lowest BCUT2D eigenvalue weighted by Crippen LogP contribution is -2.50. The summed E-state index contributed by atoms with van der Waals surface area (Å²) in [5.41, 5.74) is 1.90. The van der Waals surface area contributed by atoms with E-state index < -0.39 is 0 Å². The first-order valence-electron chi connectivity index (χ1n) is 7.10. The number of piperazine rings is 1. The minimum Gasteiger partial charge on any atom is -0.345 e. The maximum atomic E-state index is 12.4. The molecule has 5 nitrogen and oxygen atoms in total. The number of hydrogen-bond donors (Lipinski definition) is 1. The number of rotatable bonds is 2. The maximum absolute atomic E-state index is 12.4. The molecule has 2 aromatic rings. The molecular formula is C15H17BrN4OS. The third-order valence-corrected chi connectivity index (χ3v) is 5.02. The molecule has 2 heterocycles. The minimum atomic E-state index is -0.0417. The molecule has 1 aliphatic heterocycles. The molecule has 1 saturated heterocycles. The summed E-state index contributed by atoms with van der Waals surface area (Å²) < 4.78 is 0.960. The topological polar surface area (TPSA) is 48.5 Å². The van der Waals surface area contributed by atoms with Crippen molar-refractivity contribution in [3.05, 3.63) is 39.8 Å². The third-order valence-electron chi connectivity index (χ3n) is 3.70. The lowest BCUT2D eigenvalue weighted by Gasteiger charge is -2.34. The number of amides is 2. The van der Waals surface area contributed by atoms with Crippen molar-refractivity contribution >= 4 is 44.1 Å². The fourth-order valence-corrected chi connectivity index (χ4v) is 3.45. The van der Waals surface area contributed by atoms with Crippen molar-refractivity contribution in [3.8, 4) is 0 Å². The fourth-order valence-electron chi connectivity index (χ4n) is 2.40. The SMILES string of the molecule is Cc1ccc(Br)cc1NC(=O)N1CCN(c2nccs2)CC1. The van der Waals surface area contributed by atoms with E-state index >= 15 is 0 Å². The second-order valence-corrected chi connectivity index (χ2v) is 6.97. The molecule has 0 radical (unpaired) electrons. The van der Waals surface area contributed by atoms with Crippen LogP contribution >= 0.6 is 27.3 Å². The molecule has 2 amide bonds. The molecule has 0 aliphatic carbocycles. The van der Waals surface area contributed by atoms with Gasteiger partial charge in [-0.3, -0.25) is 0 Å². The molecule has 22 heavy (non-hydrogen) atoms. The Kier molecular flexibility index (Phi) is 4.63. The van der Waals surface area contributed by atoms with E-state index in [0.29, 0.717) is 13.1 Å². The first-order valence-corrected chi connectivity index (χ1v) is 8.77. The van der Waals surface area contributed by atoms with Crippen molar-refractivity contribution in [2.24, 2.45) is 0 Å². The van der Waals surface area contributed by atoms with Crippen molar-refractivity contribution in [3.63, 3.8) is 0 Å².